The van der Waals surface area contributed by atoms with E-state index in [1.165, 1.54) is 36.8 Å². The van der Waals surface area contributed by atoms with E-state index in [2.05, 4.69) is 35.9 Å². The first-order valence-electron chi connectivity index (χ1n) is 11.2. The standard InChI is InChI=1S/C21H31N9O6S/c1-37-3-2-14(21(35)36)28-20(34)16(6-17(23)31)30-19(33)15(5-12-8-25-10-27-12)29-18(32)13(22)4-11-7-24-9-26-11/h7-10,13-16H,2-6,22H2,1H3,(H2,23,31)(H,24,26)(H,25,27)(H,28,34)(H,29,32)(H,30,33)(H,35,36). The van der Waals surface area contributed by atoms with Gasteiger partial charge in [-0.15, -0.1) is 0 Å². The predicted octanol–water partition coefficient (Wildman–Crippen LogP) is -2.59. The summed E-state index contributed by atoms with van der Waals surface area (Å²) in [5.74, 6) is -4.05. The molecule has 2 rings (SSSR count). The van der Waals surface area contributed by atoms with Crippen LogP contribution in [0.25, 0.3) is 0 Å². The number of imidazole rings is 2. The number of carbonyl (C=O) groups is 5. The summed E-state index contributed by atoms with van der Waals surface area (Å²) in [6.07, 6.45) is 7.21. The van der Waals surface area contributed by atoms with Crippen LogP contribution in [-0.4, -0.2) is 90.8 Å². The van der Waals surface area contributed by atoms with E-state index in [0.717, 1.165) is 0 Å². The fourth-order valence-corrected chi connectivity index (χ4v) is 3.75. The summed E-state index contributed by atoms with van der Waals surface area (Å²) in [5, 5.41) is 16.7. The number of hydrogen-bond donors (Lipinski definition) is 8. The van der Waals surface area contributed by atoms with Gasteiger partial charge < -0.3 is 42.5 Å². The van der Waals surface area contributed by atoms with Crippen molar-refractivity contribution in [2.45, 2.75) is 49.9 Å². The smallest absolute Gasteiger partial charge is 0.326 e. The molecule has 4 amide bonds. The number of hydrogen-bond acceptors (Lipinski definition) is 9. The second-order valence-corrected chi connectivity index (χ2v) is 9.13. The lowest BCUT2D eigenvalue weighted by atomic mass is 10.1. The number of thioether (sulfide) groups is 1. The molecule has 0 aromatic carbocycles. The number of amides is 4. The Hall–Kier alpha value is -3.92. The molecule has 2 aromatic heterocycles. The number of nitrogens with zero attached hydrogens (tertiary/aromatic N) is 2. The second kappa shape index (κ2) is 14.6. The van der Waals surface area contributed by atoms with Gasteiger partial charge in [0.15, 0.2) is 0 Å². The Morgan fingerprint density at radius 2 is 1.46 bits per heavy atom. The molecule has 0 spiro atoms. The van der Waals surface area contributed by atoms with Crippen LogP contribution < -0.4 is 27.4 Å². The highest BCUT2D eigenvalue weighted by Gasteiger charge is 2.31. The molecule has 4 unspecified atom stereocenters. The quantitative estimate of drug-likeness (QED) is 0.111. The number of aliphatic carboxylic acids is 1. The molecule has 15 nitrogen and oxygen atoms in total. The third-order valence-electron chi connectivity index (χ3n) is 5.21. The normalized spacial score (nSPS) is 14.1. The molecule has 0 aliphatic carbocycles. The van der Waals surface area contributed by atoms with Crippen molar-refractivity contribution in [3.05, 3.63) is 36.4 Å². The number of carboxylic acids is 1. The highest BCUT2D eigenvalue weighted by atomic mass is 32.2. The molecule has 2 aromatic rings. The number of nitrogens with two attached hydrogens (primary N) is 2. The van der Waals surface area contributed by atoms with Crippen molar-refractivity contribution in [3.63, 3.8) is 0 Å². The largest absolute Gasteiger partial charge is 0.480 e. The molecule has 37 heavy (non-hydrogen) atoms. The van der Waals surface area contributed by atoms with Crippen LogP contribution in [0.2, 0.25) is 0 Å². The number of primary amides is 1. The molecule has 4 atom stereocenters. The summed E-state index contributed by atoms with van der Waals surface area (Å²) >= 11 is 1.40. The Kier molecular flexibility index (Phi) is 11.6. The lowest BCUT2D eigenvalue weighted by molar-refractivity contribution is -0.142. The Labute approximate surface area is 216 Å². The number of aromatic nitrogens is 4. The monoisotopic (exact) mass is 537 g/mol. The topological polar surface area (TPSA) is 251 Å². The first-order valence-corrected chi connectivity index (χ1v) is 12.6. The van der Waals surface area contributed by atoms with E-state index in [1.54, 1.807) is 6.26 Å². The van der Waals surface area contributed by atoms with Gasteiger partial charge in [0.2, 0.25) is 23.6 Å². The summed E-state index contributed by atoms with van der Waals surface area (Å²) in [7, 11) is 0. The molecule has 0 saturated heterocycles. The first-order chi connectivity index (χ1) is 17.6. The van der Waals surface area contributed by atoms with E-state index in [4.69, 9.17) is 11.5 Å². The number of carboxylic acid groups (broad SMARTS) is 1. The zero-order valence-corrected chi connectivity index (χ0v) is 20.9. The van der Waals surface area contributed by atoms with Crippen LogP contribution in [0, 0.1) is 0 Å². The minimum absolute atomic E-state index is 0.0370. The number of carbonyl (C=O) groups excluding carboxylic acids is 4. The first kappa shape index (κ1) is 29.3. The molecule has 0 aliphatic rings. The van der Waals surface area contributed by atoms with E-state index in [0.29, 0.717) is 17.1 Å². The molecule has 0 aliphatic heterocycles. The third-order valence-corrected chi connectivity index (χ3v) is 5.85. The van der Waals surface area contributed by atoms with Gasteiger partial charge in [0.05, 0.1) is 25.1 Å². The summed E-state index contributed by atoms with van der Waals surface area (Å²) in [6, 6.07) is -4.93. The fraction of sp³-hybridized carbons (Fsp3) is 0.476. The lowest BCUT2D eigenvalue weighted by Crippen LogP contribution is -2.58. The van der Waals surface area contributed by atoms with E-state index in [-0.39, 0.29) is 19.3 Å². The van der Waals surface area contributed by atoms with E-state index >= 15 is 0 Å². The van der Waals surface area contributed by atoms with Crippen molar-refractivity contribution in [1.82, 2.24) is 35.9 Å². The highest BCUT2D eigenvalue weighted by Crippen LogP contribution is 2.05. The van der Waals surface area contributed by atoms with E-state index in [1.807, 2.05) is 0 Å². The maximum absolute atomic E-state index is 13.2. The molecule has 0 radical (unpaired) electrons. The number of H-pyrrole nitrogens is 2. The van der Waals surface area contributed by atoms with Crippen molar-refractivity contribution in [2.75, 3.05) is 12.0 Å². The Balaban J connectivity index is 2.15. The molecule has 2 heterocycles. The van der Waals surface area contributed by atoms with E-state index in [9.17, 15) is 29.1 Å². The Morgan fingerprint density at radius 3 is 1.97 bits per heavy atom. The zero-order chi connectivity index (χ0) is 27.4. The molecule has 0 saturated carbocycles. The predicted molar refractivity (Wildman–Crippen MR) is 133 cm³/mol. The zero-order valence-electron chi connectivity index (χ0n) is 20.1. The second-order valence-electron chi connectivity index (χ2n) is 8.14. The summed E-state index contributed by atoms with van der Waals surface area (Å²) in [4.78, 5) is 75.2. The van der Waals surface area contributed by atoms with Crippen LogP contribution in [0.1, 0.15) is 24.2 Å². The van der Waals surface area contributed by atoms with Gasteiger partial charge in [-0.25, -0.2) is 14.8 Å². The molecular formula is C21H31N9O6S. The maximum Gasteiger partial charge on any atom is 0.326 e. The van der Waals surface area contributed by atoms with Crippen molar-refractivity contribution in [3.8, 4) is 0 Å². The minimum atomic E-state index is -1.47. The Bertz CT molecular complexity index is 1050. The van der Waals surface area contributed by atoms with Crippen LogP contribution in [0.5, 0.6) is 0 Å². The molecular weight excluding hydrogens is 506 g/mol. The van der Waals surface area contributed by atoms with Gasteiger partial charge in [-0.2, -0.15) is 11.8 Å². The molecule has 16 heteroatoms. The van der Waals surface area contributed by atoms with Gasteiger partial charge in [0, 0.05) is 36.6 Å². The Morgan fingerprint density at radius 1 is 0.919 bits per heavy atom. The summed E-state index contributed by atoms with van der Waals surface area (Å²) in [6.45, 7) is 0. The van der Waals surface area contributed by atoms with Gasteiger partial charge in [0.1, 0.15) is 18.1 Å². The van der Waals surface area contributed by atoms with Gasteiger partial charge >= 0.3 is 5.97 Å². The number of aromatic amines is 2. The summed E-state index contributed by atoms with van der Waals surface area (Å²) < 4.78 is 0. The van der Waals surface area contributed by atoms with Gasteiger partial charge in [0.25, 0.3) is 0 Å². The van der Waals surface area contributed by atoms with Crippen molar-refractivity contribution >= 4 is 41.4 Å². The van der Waals surface area contributed by atoms with Crippen molar-refractivity contribution in [2.24, 2.45) is 11.5 Å². The van der Waals surface area contributed by atoms with Gasteiger partial charge in [-0.3, -0.25) is 19.2 Å². The van der Waals surface area contributed by atoms with Crippen LogP contribution in [0.4, 0.5) is 0 Å². The fourth-order valence-electron chi connectivity index (χ4n) is 3.28. The van der Waals surface area contributed by atoms with Gasteiger partial charge in [-0.1, -0.05) is 0 Å². The van der Waals surface area contributed by atoms with Crippen LogP contribution in [0.15, 0.2) is 25.0 Å². The SMILES string of the molecule is CSCCC(NC(=O)C(CC(N)=O)NC(=O)C(Cc1cnc[nH]1)NC(=O)C(N)Cc1cnc[nH]1)C(=O)O. The van der Waals surface area contributed by atoms with Gasteiger partial charge in [-0.05, 0) is 18.4 Å². The van der Waals surface area contributed by atoms with Crippen molar-refractivity contribution < 1.29 is 29.1 Å². The average molecular weight is 538 g/mol. The summed E-state index contributed by atoms with van der Waals surface area (Å²) in [5.41, 5.74) is 12.3. The van der Waals surface area contributed by atoms with E-state index < -0.39 is 60.2 Å². The van der Waals surface area contributed by atoms with Crippen LogP contribution in [-0.2, 0) is 36.8 Å². The average Bonchev–Trinajstić information content (AvgIpc) is 3.54. The number of nitrogens with one attached hydrogen (secondary N) is 5. The lowest BCUT2D eigenvalue weighted by Gasteiger charge is -2.24. The van der Waals surface area contributed by atoms with Crippen LogP contribution in [0.3, 0.4) is 0 Å². The molecule has 10 N–H and O–H groups in total. The third kappa shape index (κ3) is 9.92. The molecule has 0 bridgehead atoms. The maximum atomic E-state index is 13.2. The highest BCUT2D eigenvalue weighted by molar-refractivity contribution is 7.98. The van der Waals surface area contributed by atoms with Crippen LogP contribution >= 0.6 is 11.8 Å². The minimum Gasteiger partial charge on any atom is -0.480 e. The number of rotatable bonds is 16. The molecule has 202 valence electrons. The van der Waals surface area contributed by atoms with Crippen molar-refractivity contribution in [1.29, 1.82) is 0 Å². The molecule has 0 fully saturated rings.